The average molecular weight is 566 g/mol. The van der Waals surface area contributed by atoms with E-state index in [0.717, 1.165) is 17.6 Å². The molecule has 2 atom stereocenters. The monoisotopic (exact) mass is 564 g/mol. The van der Waals surface area contributed by atoms with Crippen molar-refractivity contribution in [2.45, 2.75) is 72.6 Å². The number of halogens is 1. The molecule has 8 heteroatoms. The summed E-state index contributed by atoms with van der Waals surface area (Å²) in [6.45, 7) is 16.4. The molecule has 1 aromatic carbocycles. The normalized spacial score (nSPS) is 12.7. The lowest BCUT2D eigenvalue weighted by Gasteiger charge is -2.23. The minimum Gasteiger partial charge on any atom is -0.369 e. The Bertz CT molecular complexity index is 895. The van der Waals surface area contributed by atoms with Crippen LogP contribution in [0.15, 0.2) is 48.0 Å². The van der Waals surface area contributed by atoms with Crippen LogP contribution in [0.1, 0.15) is 66.5 Å². The number of likely N-dealkylation sites (N-methyl/N-ethyl adjacent to an activating group) is 1. The van der Waals surface area contributed by atoms with Crippen LogP contribution in [0.3, 0.4) is 0 Å². The summed E-state index contributed by atoms with van der Waals surface area (Å²) in [6, 6.07) is 7.97. The van der Waals surface area contributed by atoms with Gasteiger partial charge in [0, 0.05) is 19.2 Å². The number of anilines is 1. The molecule has 1 aromatic heterocycles. The summed E-state index contributed by atoms with van der Waals surface area (Å²) in [4.78, 5) is 8.37. The van der Waals surface area contributed by atoms with Crippen LogP contribution in [0.4, 0.5) is 5.95 Å². The van der Waals surface area contributed by atoms with Gasteiger partial charge in [-0.25, -0.2) is 4.98 Å². The molecule has 5 N–H and O–H groups in total. The largest absolute Gasteiger partial charge is 0.369 e. The molecule has 0 saturated heterocycles. The SMILES string of the molecule is C=C/C=C/Br.CCCCCCN(C)CC(N)C(C)C.CCOC(C(C)=N)n1c(N)nc2ccccc21. The van der Waals surface area contributed by atoms with E-state index in [1.165, 1.54) is 32.2 Å². The Morgan fingerprint density at radius 3 is 2.42 bits per heavy atom. The molecule has 0 aliphatic rings. The number of nitrogens with one attached hydrogen (secondary N) is 1. The van der Waals surface area contributed by atoms with E-state index < -0.39 is 6.23 Å². The highest BCUT2D eigenvalue weighted by Gasteiger charge is 2.19. The van der Waals surface area contributed by atoms with Gasteiger partial charge in [0.05, 0.1) is 16.7 Å². The second kappa shape index (κ2) is 20.1. The number of unbranched alkanes of at least 4 members (excludes halogenated alkanes) is 3. The quantitative estimate of drug-likeness (QED) is 0.141. The number of fused-ring (bicyclic) bond motifs is 1. The fraction of sp³-hybridized carbons (Fsp3) is 0.571. The fourth-order valence-electron chi connectivity index (χ4n) is 3.38. The first-order chi connectivity index (χ1) is 17.1. The van der Waals surface area contributed by atoms with Gasteiger partial charge in [0.15, 0.2) is 6.23 Å². The molecule has 2 rings (SSSR count). The predicted octanol–water partition coefficient (Wildman–Crippen LogP) is 6.76. The summed E-state index contributed by atoms with van der Waals surface area (Å²) < 4.78 is 7.31. The number of nitrogens with zero attached hydrogens (tertiary/aromatic N) is 3. The highest BCUT2D eigenvalue weighted by atomic mass is 79.9. The summed E-state index contributed by atoms with van der Waals surface area (Å²) in [7, 11) is 2.17. The minimum absolute atomic E-state index is 0.325. The van der Waals surface area contributed by atoms with Crippen LogP contribution in [0.25, 0.3) is 11.0 Å². The van der Waals surface area contributed by atoms with Gasteiger partial charge in [-0.05, 0) is 56.9 Å². The third-order valence-electron chi connectivity index (χ3n) is 5.53. The number of para-hydroxylation sites is 2. The molecule has 0 bridgehead atoms. The van der Waals surface area contributed by atoms with E-state index in [1.807, 2.05) is 31.2 Å². The molecular formula is C28H49BrN6O. The molecule has 0 spiro atoms. The topological polar surface area (TPSA) is 106 Å². The van der Waals surface area contributed by atoms with Crippen LogP contribution in [0.5, 0.6) is 0 Å². The highest BCUT2D eigenvalue weighted by Crippen LogP contribution is 2.24. The summed E-state index contributed by atoms with van der Waals surface area (Å²) in [6.07, 6.45) is 8.38. The second-order valence-electron chi connectivity index (χ2n) is 9.10. The minimum atomic E-state index is -0.479. The molecule has 36 heavy (non-hydrogen) atoms. The smallest absolute Gasteiger partial charge is 0.203 e. The van der Waals surface area contributed by atoms with Crippen molar-refractivity contribution in [3.8, 4) is 0 Å². The fourth-order valence-corrected chi connectivity index (χ4v) is 3.60. The number of allylic oxidation sites excluding steroid dienone is 2. The number of nitrogen functional groups attached to an aromatic ring is 1. The number of hydrogen-bond acceptors (Lipinski definition) is 6. The molecule has 0 aliphatic heterocycles. The first-order valence-corrected chi connectivity index (χ1v) is 13.8. The Labute approximate surface area is 227 Å². The van der Waals surface area contributed by atoms with Crippen molar-refractivity contribution in [3.05, 3.63) is 48.0 Å². The molecular weight excluding hydrogens is 516 g/mol. The second-order valence-corrected chi connectivity index (χ2v) is 9.63. The van der Waals surface area contributed by atoms with Gasteiger partial charge in [0.2, 0.25) is 5.95 Å². The summed E-state index contributed by atoms with van der Waals surface area (Å²) >= 11 is 3.06. The van der Waals surface area contributed by atoms with Gasteiger partial charge < -0.3 is 26.5 Å². The van der Waals surface area contributed by atoms with Crippen LogP contribution in [0, 0.1) is 11.3 Å². The zero-order chi connectivity index (χ0) is 27.5. The van der Waals surface area contributed by atoms with E-state index in [2.05, 4.69) is 60.2 Å². The highest BCUT2D eigenvalue weighted by molar-refractivity contribution is 9.11. The maximum atomic E-state index is 7.77. The zero-order valence-electron chi connectivity index (χ0n) is 23.2. The Kier molecular flexibility index (Phi) is 19.0. The Balaban J connectivity index is 0.000000584. The van der Waals surface area contributed by atoms with Gasteiger partial charge in [0.1, 0.15) is 0 Å². The number of nitrogens with two attached hydrogens (primary N) is 2. The molecule has 0 aliphatic carbocycles. The molecule has 204 valence electrons. The molecule has 0 amide bonds. The third-order valence-corrected chi connectivity index (χ3v) is 5.84. The Morgan fingerprint density at radius 1 is 1.25 bits per heavy atom. The van der Waals surface area contributed by atoms with Crippen molar-refractivity contribution in [2.24, 2.45) is 11.7 Å². The van der Waals surface area contributed by atoms with E-state index in [0.29, 0.717) is 30.2 Å². The first kappa shape index (κ1) is 34.0. The van der Waals surface area contributed by atoms with Crippen molar-refractivity contribution in [1.82, 2.24) is 14.5 Å². The van der Waals surface area contributed by atoms with E-state index >= 15 is 0 Å². The average Bonchev–Trinajstić information content (AvgIpc) is 3.16. The van der Waals surface area contributed by atoms with Crippen LogP contribution in [-0.2, 0) is 4.74 Å². The standard InChI is InChI=1S/C12H16N4O.C12H28N2.C4H5Br/c1-3-17-11(8(2)13)16-10-7-5-4-6-9(10)15-12(16)14;1-5-6-7-8-9-14(4)10-12(13)11(2)3;1-2-3-4-5/h4-7,11,13H,3H2,1-2H3,(H2,14,15);11-12H,5-10,13H2,1-4H3;2-4H,1H2/b;;4-3+. The summed E-state index contributed by atoms with van der Waals surface area (Å²) in [5.74, 6) is 0.962. The molecule has 2 unspecified atom stereocenters. The van der Waals surface area contributed by atoms with E-state index in [1.54, 1.807) is 28.6 Å². The number of ether oxygens (including phenoxy) is 1. The number of aromatic nitrogens is 2. The number of rotatable bonds is 13. The lowest BCUT2D eigenvalue weighted by atomic mass is 10.1. The summed E-state index contributed by atoms with van der Waals surface area (Å²) in [5, 5.41) is 7.77. The van der Waals surface area contributed by atoms with Crippen LogP contribution in [0.2, 0.25) is 0 Å². The Hall–Kier alpha value is -2.00. The zero-order valence-corrected chi connectivity index (χ0v) is 24.8. The number of hydrogen-bond donors (Lipinski definition) is 3. The van der Waals surface area contributed by atoms with Crippen molar-refractivity contribution >= 4 is 38.6 Å². The van der Waals surface area contributed by atoms with Crippen LogP contribution in [-0.4, -0.2) is 52.9 Å². The molecule has 2 aromatic rings. The lowest BCUT2D eigenvalue weighted by molar-refractivity contribution is 0.0648. The Morgan fingerprint density at radius 2 is 1.92 bits per heavy atom. The van der Waals surface area contributed by atoms with Crippen molar-refractivity contribution in [2.75, 3.05) is 32.5 Å². The number of imidazole rings is 1. The lowest BCUT2D eigenvalue weighted by Crippen LogP contribution is -2.39. The maximum absolute atomic E-state index is 7.77. The van der Waals surface area contributed by atoms with Gasteiger partial charge in [0.25, 0.3) is 0 Å². The molecule has 0 saturated carbocycles. The van der Waals surface area contributed by atoms with E-state index in [4.69, 9.17) is 21.6 Å². The van der Waals surface area contributed by atoms with E-state index in [9.17, 15) is 0 Å². The van der Waals surface area contributed by atoms with Gasteiger partial charge in [-0.3, -0.25) is 4.57 Å². The predicted molar refractivity (Wildman–Crippen MR) is 161 cm³/mol. The van der Waals surface area contributed by atoms with Crippen LogP contribution >= 0.6 is 15.9 Å². The molecule has 0 radical (unpaired) electrons. The van der Waals surface area contributed by atoms with Crippen molar-refractivity contribution < 1.29 is 4.74 Å². The van der Waals surface area contributed by atoms with Gasteiger partial charge in [-0.15, -0.1) is 0 Å². The molecule has 7 nitrogen and oxygen atoms in total. The van der Waals surface area contributed by atoms with Gasteiger partial charge >= 0.3 is 0 Å². The first-order valence-electron chi connectivity index (χ1n) is 12.8. The van der Waals surface area contributed by atoms with E-state index in [-0.39, 0.29) is 0 Å². The van der Waals surface area contributed by atoms with Gasteiger partial charge in [-0.1, -0.05) is 86.8 Å². The van der Waals surface area contributed by atoms with Crippen molar-refractivity contribution in [3.63, 3.8) is 0 Å². The molecule has 1 heterocycles. The van der Waals surface area contributed by atoms with Gasteiger partial charge in [-0.2, -0.15) is 0 Å². The van der Waals surface area contributed by atoms with Crippen LogP contribution < -0.4 is 11.5 Å². The number of benzene rings is 1. The van der Waals surface area contributed by atoms with Crippen molar-refractivity contribution in [1.29, 1.82) is 5.41 Å². The third kappa shape index (κ3) is 13.3. The summed E-state index contributed by atoms with van der Waals surface area (Å²) in [5.41, 5.74) is 14.0. The maximum Gasteiger partial charge on any atom is 0.203 e. The molecule has 0 fully saturated rings.